The van der Waals surface area contributed by atoms with Gasteiger partial charge in [0.2, 0.25) is 12.0 Å². The molecule has 1 rings (SSSR count). The van der Waals surface area contributed by atoms with E-state index >= 15 is 0 Å². The van der Waals surface area contributed by atoms with Crippen LogP contribution in [0.15, 0.2) is 30.3 Å². The summed E-state index contributed by atoms with van der Waals surface area (Å²) < 4.78 is 5.10. The Bertz CT molecular complexity index is 603. The molecule has 144 valence electrons. The second kappa shape index (κ2) is 10.4. The summed E-state index contributed by atoms with van der Waals surface area (Å²) in [6.07, 6.45) is -1.78. The van der Waals surface area contributed by atoms with Crippen molar-refractivity contribution >= 4 is 18.0 Å². The zero-order valence-electron chi connectivity index (χ0n) is 15.8. The Hall–Kier alpha value is -2.57. The second-order valence-corrected chi connectivity index (χ2v) is 6.74. The third-order valence-corrected chi connectivity index (χ3v) is 3.82. The number of nitrogens with zero attached hydrogens (tertiary/aromatic N) is 2. The summed E-state index contributed by atoms with van der Waals surface area (Å²) in [5, 5.41) is 9.28. The Morgan fingerprint density at radius 2 is 1.69 bits per heavy atom. The first-order valence-corrected chi connectivity index (χ1v) is 8.63. The fraction of sp³-hybridized carbons (Fsp3) is 0.526. The van der Waals surface area contributed by atoms with Gasteiger partial charge in [-0.1, -0.05) is 44.2 Å². The van der Waals surface area contributed by atoms with Crippen LogP contribution in [0.4, 0.5) is 4.79 Å². The van der Waals surface area contributed by atoms with E-state index in [0.29, 0.717) is 12.5 Å². The quantitative estimate of drug-likeness (QED) is 0.726. The van der Waals surface area contributed by atoms with Gasteiger partial charge in [-0.15, -0.1) is 0 Å². The average molecular weight is 364 g/mol. The van der Waals surface area contributed by atoms with Crippen LogP contribution >= 0.6 is 0 Å². The van der Waals surface area contributed by atoms with Crippen molar-refractivity contribution in [3.8, 4) is 0 Å². The molecule has 1 N–H and O–H groups in total. The highest BCUT2D eigenvalue weighted by molar-refractivity contribution is 5.79. The van der Waals surface area contributed by atoms with Crippen LogP contribution in [0.2, 0.25) is 0 Å². The molecule has 0 aromatic heterocycles. The highest BCUT2D eigenvalue weighted by atomic mass is 16.6. The molecule has 0 unspecified atom stereocenters. The number of carboxylic acids is 1. The van der Waals surface area contributed by atoms with E-state index in [2.05, 4.69) is 0 Å². The van der Waals surface area contributed by atoms with Gasteiger partial charge in [0, 0.05) is 40.0 Å². The van der Waals surface area contributed by atoms with Crippen LogP contribution in [0.5, 0.6) is 0 Å². The third-order valence-electron chi connectivity index (χ3n) is 3.82. The molecular formula is C19H28N2O5. The first-order valence-electron chi connectivity index (χ1n) is 8.63. The first-order chi connectivity index (χ1) is 12.2. The molecule has 0 spiro atoms. The summed E-state index contributed by atoms with van der Waals surface area (Å²) in [6, 6.07) is 8.96. The molecule has 7 heteroatoms. The third kappa shape index (κ3) is 7.55. The molecule has 0 radical (unpaired) electrons. The zero-order valence-corrected chi connectivity index (χ0v) is 15.8. The minimum absolute atomic E-state index is 0.0718. The number of aliphatic carboxylic acids is 1. The number of benzene rings is 1. The maximum atomic E-state index is 12.1. The van der Waals surface area contributed by atoms with Gasteiger partial charge in [-0.25, -0.2) is 9.59 Å². The van der Waals surface area contributed by atoms with E-state index < -0.39 is 18.2 Å². The highest BCUT2D eigenvalue weighted by Gasteiger charge is 2.25. The topological polar surface area (TPSA) is 87.2 Å². The lowest BCUT2D eigenvalue weighted by Crippen LogP contribution is -2.38. The number of amides is 2. The molecule has 1 atom stereocenters. The molecule has 0 heterocycles. The van der Waals surface area contributed by atoms with Gasteiger partial charge in [0.25, 0.3) is 0 Å². The molecule has 0 aliphatic rings. The van der Waals surface area contributed by atoms with Crippen molar-refractivity contribution < 1.29 is 24.2 Å². The van der Waals surface area contributed by atoms with Crippen LogP contribution in [0.25, 0.3) is 0 Å². The van der Waals surface area contributed by atoms with Crippen LogP contribution in [0.1, 0.15) is 25.8 Å². The Morgan fingerprint density at radius 1 is 1.08 bits per heavy atom. The monoisotopic (exact) mass is 364 g/mol. The molecule has 0 saturated heterocycles. The van der Waals surface area contributed by atoms with Crippen molar-refractivity contribution in [2.24, 2.45) is 5.92 Å². The highest BCUT2D eigenvalue weighted by Crippen LogP contribution is 2.09. The molecule has 0 aliphatic carbocycles. The predicted octanol–water partition coefficient (Wildman–Crippen LogP) is 2.26. The van der Waals surface area contributed by atoms with E-state index in [9.17, 15) is 19.5 Å². The van der Waals surface area contributed by atoms with Crippen molar-refractivity contribution in [1.29, 1.82) is 0 Å². The van der Waals surface area contributed by atoms with E-state index in [0.717, 1.165) is 5.56 Å². The van der Waals surface area contributed by atoms with E-state index in [1.807, 2.05) is 19.9 Å². The van der Waals surface area contributed by atoms with Gasteiger partial charge in [0.15, 0.2) is 0 Å². The minimum atomic E-state index is -1.27. The molecule has 0 aliphatic heterocycles. The second-order valence-electron chi connectivity index (χ2n) is 6.74. The fourth-order valence-electron chi connectivity index (χ4n) is 2.41. The van der Waals surface area contributed by atoms with Crippen LogP contribution < -0.4 is 0 Å². The summed E-state index contributed by atoms with van der Waals surface area (Å²) in [5.74, 6) is -0.915. The Balaban J connectivity index is 2.52. The van der Waals surface area contributed by atoms with Gasteiger partial charge in [-0.3, -0.25) is 4.79 Å². The van der Waals surface area contributed by atoms with Crippen LogP contribution in [-0.4, -0.2) is 66.2 Å². The Labute approximate surface area is 154 Å². The van der Waals surface area contributed by atoms with Crippen molar-refractivity contribution in [3.05, 3.63) is 35.9 Å². The number of carbonyl (C=O) groups is 3. The van der Waals surface area contributed by atoms with E-state index in [1.54, 1.807) is 36.2 Å². The summed E-state index contributed by atoms with van der Waals surface area (Å²) in [6.45, 7) is 4.85. The Morgan fingerprint density at radius 3 is 2.23 bits per heavy atom. The first kappa shape index (κ1) is 21.5. The van der Waals surface area contributed by atoms with Gasteiger partial charge in [0.05, 0.1) is 0 Å². The normalized spacial score (nSPS) is 11.7. The lowest BCUT2D eigenvalue weighted by atomic mass is 10.1. The van der Waals surface area contributed by atoms with Crippen molar-refractivity contribution in [2.45, 2.75) is 32.8 Å². The summed E-state index contributed by atoms with van der Waals surface area (Å²) >= 11 is 0. The summed E-state index contributed by atoms with van der Waals surface area (Å²) in [5.41, 5.74) is 0.765. The molecule has 7 nitrogen and oxygen atoms in total. The average Bonchev–Trinajstić information content (AvgIpc) is 2.58. The maximum Gasteiger partial charge on any atom is 0.410 e. The SMILES string of the molecule is CC(C)CN(C)C(=O)CCN(C)C(=O)O[C@@H](Cc1ccccc1)C(=O)O. The smallest absolute Gasteiger partial charge is 0.410 e. The fourth-order valence-corrected chi connectivity index (χ4v) is 2.41. The number of carbonyl (C=O) groups excluding carboxylic acids is 2. The number of carboxylic acid groups (broad SMARTS) is 1. The molecular weight excluding hydrogens is 336 g/mol. The lowest BCUT2D eigenvalue weighted by Gasteiger charge is -2.23. The molecule has 1 aromatic carbocycles. The van der Waals surface area contributed by atoms with Crippen molar-refractivity contribution in [3.63, 3.8) is 0 Å². The Kier molecular flexibility index (Phi) is 8.61. The van der Waals surface area contributed by atoms with Crippen LogP contribution in [0, 0.1) is 5.92 Å². The van der Waals surface area contributed by atoms with E-state index in [1.165, 1.54) is 11.9 Å². The van der Waals surface area contributed by atoms with Gasteiger partial charge >= 0.3 is 12.1 Å². The van der Waals surface area contributed by atoms with Crippen molar-refractivity contribution in [2.75, 3.05) is 27.2 Å². The summed E-state index contributed by atoms with van der Waals surface area (Å²) in [4.78, 5) is 38.4. The number of hydrogen-bond donors (Lipinski definition) is 1. The molecule has 0 bridgehead atoms. The largest absolute Gasteiger partial charge is 0.478 e. The molecule has 1 aromatic rings. The van der Waals surface area contributed by atoms with Gasteiger partial charge < -0.3 is 19.6 Å². The van der Waals surface area contributed by atoms with E-state index in [4.69, 9.17) is 4.74 Å². The number of rotatable bonds is 9. The number of hydrogen-bond acceptors (Lipinski definition) is 4. The maximum absolute atomic E-state index is 12.1. The lowest BCUT2D eigenvalue weighted by molar-refractivity contribution is -0.147. The van der Waals surface area contributed by atoms with E-state index in [-0.39, 0.29) is 25.3 Å². The molecule has 0 fully saturated rings. The van der Waals surface area contributed by atoms with Gasteiger partial charge in [0.1, 0.15) is 0 Å². The number of ether oxygens (including phenoxy) is 1. The predicted molar refractivity (Wildman–Crippen MR) is 97.8 cm³/mol. The molecule has 2 amide bonds. The zero-order chi connectivity index (χ0) is 19.7. The minimum Gasteiger partial charge on any atom is -0.478 e. The molecule has 0 saturated carbocycles. The molecule has 26 heavy (non-hydrogen) atoms. The van der Waals surface area contributed by atoms with Gasteiger partial charge in [-0.05, 0) is 11.5 Å². The standard InChI is InChI=1S/C19H28N2O5/c1-14(2)13-21(4)17(22)10-11-20(3)19(25)26-16(18(23)24)12-15-8-6-5-7-9-15/h5-9,14,16H,10-13H2,1-4H3,(H,23,24)/t16-/m0/s1. The van der Waals surface area contributed by atoms with Crippen LogP contribution in [0.3, 0.4) is 0 Å². The summed E-state index contributed by atoms with van der Waals surface area (Å²) in [7, 11) is 3.21. The van der Waals surface area contributed by atoms with Gasteiger partial charge in [-0.2, -0.15) is 0 Å². The van der Waals surface area contributed by atoms with Crippen molar-refractivity contribution in [1.82, 2.24) is 9.80 Å². The van der Waals surface area contributed by atoms with Crippen LogP contribution in [-0.2, 0) is 20.7 Å².